The Hall–Kier alpha value is -2.77. The Morgan fingerprint density at radius 1 is 1.09 bits per heavy atom. The molecule has 4 aliphatic rings. The Morgan fingerprint density at radius 3 is 2.75 bits per heavy atom. The second-order valence-corrected chi connectivity index (χ2v) is 9.63. The van der Waals surface area contributed by atoms with Gasteiger partial charge in [0, 0.05) is 38.0 Å². The van der Waals surface area contributed by atoms with Gasteiger partial charge in [-0.3, -0.25) is 14.4 Å². The van der Waals surface area contributed by atoms with Crippen molar-refractivity contribution in [3.8, 4) is 0 Å². The number of piperidine rings is 3. The molecule has 1 aromatic rings. The maximum Gasteiger partial charge on any atom is 0.255 e. The molecule has 1 aliphatic carbocycles. The van der Waals surface area contributed by atoms with Gasteiger partial charge < -0.3 is 15.1 Å². The molecular weight excluding hydrogens is 406 g/mol. The van der Waals surface area contributed by atoms with Crippen LogP contribution in [0.25, 0.3) is 0 Å². The minimum atomic E-state index is -0.501. The van der Waals surface area contributed by atoms with Crippen LogP contribution in [0.2, 0.25) is 0 Å². The van der Waals surface area contributed by atoms with Crippen LogP contribution in [0.1, 0.15) is 61.7 Å². The van der Waals surface area contributed by atoms with Crippen LogP contribution in [0.3, 0.4) is 0 Å². The maximum atomic E-state index is 13.4. The lowest BCUT2D eigenvalue weighted by Crippen LogP contribution is -2.68. The van der Waals surface area contributed by atoms with E-state index in [2.05, 4.69) is 21.6 Å². The fourth-order valence-corrected chi connectivity index (χ4v) is 6.13. The number of fused-ring (bicyclic) bond motifs is 4. The van der Waals surface area contributed by atoms with Gasteiger partial charge >= 0.3 is 0 Å². The Balaban J connectivity index is 1.37. The van der Waals surface area contributed by atoms with E-state index in [0.717, 1.165) is 32.1 Å². The third-order valence-electron chi connectivity index (χ3n) is 7.60. The molecule has 0 spiro atoms. The quantitative estimate of drug-likeness (QED) is 0.727. The molecule has 3 saturated heterocycles. The molecule has 4 atom stereocenters. The molecule has 4 heterocycles. The van der Waals surface area contributed by atoms with E-state index < -0.39 is 6.04 Å². The van der Waals surface area contributed by atoms with Crippen LogP contribution < -0.4 is 5.32 Å². The minimum absolute atomic E-state index is 0.0308. The Labute approximate surface area is 188 Å². The first-order valence-corrected chi connectivity index (χ1v) is 11.9. The normalized spacial score (nSPS) is 29.8. The molecule has 5 rings (SSSR count). The maximum absolute atomic E-state index is 13.4. The van der Waals surface area contributed by atoms with Crippen molar-refractivity contribution in [2.75, 3.05) is 19.6 Å². The fourth-order valence-electron chi connectivity index (χ4n) is 6.13. The number of nitrogens with zero attached hydrogens (tertiary/aromatic N) is 4. The largest absolute Gasteiger partial charge is 0.351 e. The Kier molecular flexibility index (Phi) is 5.93. The number of hydrogen-bond acceptors (Lipinski definition) is 5. The molecule has 8 nitrogen and oxygen atoms in total. The van der Waals surface area contributed by atoms with Crippen LogP contribution in [0.4, 0.5) is 0 Å². The molecule has 0 saturated carbocycles. The summed E-state index contributed by atoms with van der Waals surface area (Å²) in [6, 6.07) is 1.21. The number of aromatic nitrogens is 2. The average Bonchev–Trinajstić information content (AvgIpc) is 2.84. The monoisotopic (exact) mass is 437 g/mol. The zero-order chi connectivity index (χ0) is 22.1. The van der Waals surface area contributed by atoms with Gasteiger partial charge in [0.2, 0.25) is 11.8 Å². The average molecular weight is 438 g/mol. The summed E-state index contributed by atoms with van der Waals surface area (Å²) >= 11 is 0. The predicted molar refractivity (Wildman–Crippen MR) is 117 cm³/mol. The fraction of sp³-hybridized carbons (Fsp3) is 0.625. The van der Waals surface area contributed by atoms with Gasteiger partial charge in [-0.1, -0.05) is 11.6 Å². The number of amides is 3. The van der Waals surface area contributed by atoms with Crippen molar-refractivity contribution in [2.24, 2.45) is 11.8 Å². The summed E-state index contributed by atoms with van der Waals surface area (Å²) < 4.78 is 0. The van der Waals surface area contributed by atoms with Gasteiger partial charge in [0.1, 0.15) is 6.04 Å². The van der Waals surface area contributed by atoms with E-state index in [0.29, 0.717) is 31.6 Å². The van der Waals surface area contributed by atoms with E-state index >= 15 is 0 Å². The molecule has 0 radical (unpaired) electrons. The van der Waals surface area contributed by atoms with Crippen LogP contribution in [-0.4, -0.2) is 69.4 Å². The second-order valence-electron chi connectivity index (χ2n) is 9.63. The van der Waals surface area contributed by atoms with Gasteiger partial charge in [-0.05, 0) is 56.9 Å². The first-order valence-electron chi connectivity index (χ1n) is 11.9. The standard InChI is InChI=1S/C24H31N5O3/c30-21-8-4-7-20-18-11-19(15-28(14-18)24(32)17-9-10-26-27-13-17)22(29(20)21)23(31)25-12-16-5-2-1-3-6-16/h5,9-10,13,18-20,22H,1-4,6-8,11-12,14-15H2,(H,25,31)/t18-,19+,20+,22-/m1/s1. The van der Waals surface area contributed by atoms with E-state index in [9.17, 15) is 14.4 Å². The number of allylic oxidation sites excluding steroid dienone is 1. The van der Waals surface area contributed by atoms with Gasteiger partial charge in [-0.15, -0.1) is 0 Å². The molecular formula is C24H31N5O3. The highest BCUT2D eigenvalue weighted by Gasteiger charge is 2.52. The number of nitrogens with one attached hydrogen (secondary N) is 1. The number of rotatable bonds is 4. The van der Waals surface area contributed by atoms with Crippen molar-refractivity contribution in [2.45, 2.75) is 63.5 Å². The van der Waals surface area contributed by atoms with Crippen LogP contribution in [0.15, 0.2) is 30.1 Å². The molecule has 3 aliphatic heterocycles. The van der Waals surface area contributed by atoms with Crippen molar-refractivity contribution in [1.82, 2.24) is 25.3 Å². The zero-order valence-electron chi connectivity index (χ0n) is 18.4. The molecule has 2 bridgehead atoms. The summed E-state index contributed by atoms with van der Waals surface area (Å²) in [5.41, 5.74) is 1.80. The topological polar surface area (TPSA) is 95.5 Å². The van der Waals surface area contributed by atoms with Crippen molar-refractivity contribution >= 4 is 17.7 Å². The van der Waals surface area contributed by atoms with Gasteiger partial charge in [0.15, 0.2) is 0 Å². The van der Waals surface area contributed by atoms with Crippen LogP contribution in [-0.2, 0) is 9.59 Å². The molecule has 1 aromatic heterocycles. The molecule has 170 valence electrons. The molecule has 0 unspecified atom stereocenters. The third kappa shape index (κ3) is 4.02. The highest BCUT2D eigenvalue weighted by atomic mass is 16.2. The van der Waals surface area contributed by atoms with Crippen LogP contribution >= 0.6 is 0 Å². The van der Waals surface area contributed by atoms with Crippen molar-refractivity contribution in [3.63, 3.8) is 0 Å². The van der Waals surface area contributed by atoms with Crippen molar-refractivity contribution in [1.29, 1.82) is 0 Å². The van der Waals surface area contributed by atoms with Gasteiger partial charge in [-0.25, -0.2) is 0 Å². The predicted octanol–water partition coefficient (Wildman–Crippen LogP) is 1.93. The number of carbonyl (C=O) groups excluding carboxylic acids is 3. The molecule has 1 N–H and O–H groups in total. The second kappa shape index (κ2) is 9.00. The minimum Gasteiger partial charge on any atom is -0.351 e. The van der Waals surface area contributed by atoms with E-state index in [1.807, 2.05) is 9.80 Å². The highest BCUT2D eigenvalue weighted by Crippen LogP contribution is 2.42. The van der Waals surface area contributed by atoms with E-state index in [1.54, 1.807) is 6.07 Å². The summed E-state index contributed by atoms with van der Waals surface area (Å²) in [6.45, 7) is 1.66. The summed E-state index contributed by atoms with van der Waals surface area (Å²) in [5, 5.41) is 10.7. The summed E-state index contributed by atoms with van der Waals surface area (Å²) in [7, 11) is 0. The van der Waals surface area contributed by atoms with Gasteiger partial charge in [-0.2, -0.15) is 10.2 Å². The van der Waals surface area contributed by atoms with Crippen LogP contribution in [0.5, 0.6) is 0 Å². The van der Waals surface area contributed by atoms with E-state index in [-0.39, 0.29) is 35.6 Å². The molecule has 32 heavy (non-hydrogen) atoms. The van der Waals surface area contributed by atoms with Crippen molar-refractivity contribution < 1.29 is 14.4 Å². The molecule has 0 aromatic carbocycles. The first-order chi connectivity index (χ1) is 15.6. The SMILES string of the molecule is O=C(NCC1=CCCCC1)[C@H]1[C@H]2C[C@H](CN(C(=O)c3ccnnc3)C2)[C@@H]2CCCC(=O)N21. The smallest absolute Gasteiger partial charge is 0.255 e. The first kappa shape index (κ1) is 21.1. The van der Waals surface area contributed by atoms with Crippen LogP contribution in [0, 0.1) is 11.8 Å². The highest BCUT2D eigenvalue weighted by molar-refractivity contribution is 5.94. The molecule has 3 amide bonds. The third-order valence-corrected chi connectivity index (χ3v) is 7.60. The van der Waals surface area contributed by atoms with Gasteiger partial charge in [0.05, 0.1) is 18.0 Å². The Bertz CT molecular complexity index is 917. The van der Waals surface area contributed by atoms with E-state index in [1.165, 1.54) is 30.8 Å². The number of hydrogen-bond donors (Lipinski definition) is 1. The van der Waals surface area contributed by atoms with E-state index in [4.69, 9.17) is 0 Å². The summed E-state index contributed by atoms with van der Waals surface area (Å²) in [4.78, 5) is 43.3. The molecule has 8 heteroatoms. The summed E-state index contributed by atoms with van der Waals surface area (Å²) in [5.74, 6) is 0.107. The van der Waals surface area contributed by atoms with Crippen molar-refractivity contribution in [3.05, 3.63) is 35.7 Å². The summed E-state index contributed by atoms with van der Waals surface area (Å²) in [6.07, 6.45) is 12.9. The molecule has 3 fully saturated rings. The lowest BCUT2D eigenvalue weighted by Gasteiger charge is -2.55. The number of likely N-dealkylation sites (tertiary alicyclic amines) is 1. The zero-order valence-corrected chi connectivity index (χ0v) is 18.4. The number of carbonyl (C=O) groups is 3. The lowest BCUT2D eigenvalue weighted by molar-refractivity contribution is -0.159. The van der Waals surface area contributed by atoms with Gasteiger partial charge in [0.25, 0.3) is 5.91 Å². The Morgan fingerprint density at radius 2 is 1.97 bits per heavy atom. The lowest BCUT2D eigenvalue weighted by atomic mass is 9.71.